The summed E-state index contributed by atoms with van der Waals surface area (Å²) in [6.45, 7) is 4.15. The molecule has 1 N–H and O–H groups in total. The number of nitrogens with zero attached hydrogens (tertiary/aromatic N) is 1. The van der Waals surface area contributed by atoms with Gasteiger partial charge >= 0.3 is 5.97 Å². The normalized spacial score (nSPS) is 25.6. The van der Waals surface area contributed by atoms with Crippen LogP contribution in [0, 0.1) is 11.8 Å². The maximum Gasteiger partial charge on any atom is 0.306 e. The molecule has 0 bridgehead atoms. The van der Waals surface area contributed by atoms with E-state index in [4.69, 9.17) is 5.11 Å². The Morgan fingerprint density at radius 2 is 1.94 bits per heavy atom. The minimum absolute atomic E-state index is 0.0830. The Kier molecular flexibility index (Phi) is 4.97. The van der Waals surface area contributed by atoms with Crippen LogP contribution in [0.3, 0.4) is 0 Å². The molecule has 0 heterocycles. The number of carbonyl (C=O) groups excluding carboxylic acids is 1. The van der Waals surface area contributed by atoms with Gasteiger partial charge in [0.2, 0.25) is 5.91 Å². The van der Waals surface area contributed by atoms with Gasteiger partial charge in [-0.3, -0.25) is 9.59 Å². The summed E-state index contributed by atoms with van der Waals surface area (Å²) in [4.78, 5) is 24.8. The van der Waals surface area contributed by atoms with Gasteiger partial charge in [0, 0.05) is 19.0 Å². The van der Waals surface area contributed by atoms with E-state index in [0.717, 1.165) is 19.3 Å². The first-order chi connectivity index (χ1) is 7.97. The smallest absolute Gasteiger partial charge is 0.306 e. The van der Waals surface area contributed by atoms with Gasteiger partial charge in [0.25, 0.3) is 0 Å². The van der Waals surface area contributed by atoms with Crippen molar-refractivity contribution in [1.29, 1.82) is 0 Å². The van der Waals surface area contributed by atoms with Crippen LogP contribution in [0.1, 0.15) is 46.0 Å². The zero-order valence-corrected chi connectivity index (χ0v) is 11.0. The summed E-state index contributed by atoms with van der Waals surface area (Å²) in [5.74, 6) is -1.04. The second kappa shape index (κ2) is 6.03. The van der Waals surface area contributed by atoms with Crippen molar-refractivity contribution in [2.45, 2.75) is 52.0 Å². The van der Waals surface area contributed by atoms with Gasteiger partial charge in [0.05, 0.1) is 5.92 Å². The Hall–Kier alpha value is -1.06. The van der Waals surface area contributed by atoms with E-state index in [0.29, 0.717) is 12.8 Å². The fourth-order valence-corrected chi connectivity index (χ4v) is 2.55. The lowest BCUT2D eigenvalue weighted by Gasteiger charge is -2.27. The lowest BCUT2D eigenvalue weighted by Crippen LogP contribution is -2.38. The molecule has 1 amide bonds. The van der Waals surface area contributed by atoms with Gasteiger partial charge < -0.3 is 10.0 Å². The molecule has 98 valence electrons. The highest BCUT2D eigenvalue weighted by atomic mass is 16.4. The standard InChI is InChI=1S/C13H23NO3/c1-4-5-9(2)14(3)12(15)10-6-7-11(8-10)13(16)17/h9-11H,4-8H2,1-3H3,(H,16,17)/t9?,10-,11+/m1/s1. The number of aliphatic carboxylic acids is 1. The molecular weight excluding hydrogens is 218 g/mol. The molecule has 17 heavy (non-hydrogen) atoms. The van der Waals surface area contributed by atoms with Crippen LogP contribution in [0.5, 0.6) is 0 Å². The van der Waals surface area contributed by atoms with Crippen molar-refractivity contribution in [3.8, 4) is 0 Å². The predicted molar refractivity (Wildman–Crippen MR) is 65.6 cm³/mol. The molecule has 0 aromatic rings. The van der Waals surface area contributed by atoms with Gasteiger partial charge in [-0.1, -0.05) is 13.3 Å². The lowest BCUT2D eigenvalue weighted by molar-refractivity contribution is -0.141. The number of carboxylic acids is 1. The SMILES string of the molecule is CCCC(C)N(C)C(=O)[C@@H]1CC[C@H](C(=O)O)C1. The third-order valence-electron chi connectivity index (χ3n) is 3.85. The third kappa shape index (κ3) is 3.45. The van der Waals surface area contributed by atoms with E-state index < -0.39 is 5.97 Å². The molecule has 0 aromatic heterocycles. The van der Waals surface area contributed by atoms with Gasteiger partial charge in [0.1, 0.15) is 0 Å². The second-order valence-electron chi connectivity index (χ2n) is 5.13. The van der Waals surface area contributed by atoms with Crippen molar-refractivity contribution in [3.63, 3.8) is 0 Å². The van der Waals surface area contributed by atoms with Gasteiger partial charge in [-0.25, -0.2) is 0 Å². The number of carboxylic acid groups (broad SMARTS) is 1. The molecule has 1 rings (SSSR count). The fourth-order valence-electron chi connectivity index (χ4n) is 2.55. The van der Waals surface area contributed by atoms with Crippen LogP contribution < -0.4 is 0 Å². The Bertz CT molecular complexity index is 290. The predicted octanol–water partition coefficient (Wildman–Crippen LogP) is 2.13. The lowest BCUT2D eigenvalue weighted by atomic mass is 10.0. The molecule has 4 heteroatoms. The zero-order chi connectivity index (χ0) is 13.0. The highest BCUT2D eigenvalue weighted by Gasteiger charge is 2.35. The van der Waals surface area contributed by atoms with Crippen LogP contribution in [-0.2, 0) is 9.59 Å². The van der Waals surface area contributed by atoms with E-state index in [1.54, 1.807) is 4.90 Å². The van der Waals surface area contributed by atoms with Crippen LogP contribution in [0.4, 0.5) is 0 Å². The molecule has 0 radical (unpaired) electrons. The summed E-state index contributed by atoms with van der Waals surface area (Å²) in [6.07, 6.45) is 3.93. The topological polar surface area (TPSA) is 57.6 Å². The number of carbonyl (C=O) groups is 2. The van der Waals surface area contributed by atoms with E-state index in [1.807, 2.05) is 14.0 Å². The molecule has 0 spiro atoms. The van der Waals surface area contributed by atoms with Crippen LogP contribution in [0.25, 0.3) is 0 Å². The molecule has 1 aliphatic rings. The molecule has 0 aromatic carbocycles. The van der Waals surface area contributed by atoms with E-state index in [2.05, 4.69) is 6.92 Å². The van der Waals surface area contributed by atoms with E-state index in [-0.39, 0.29) is 23.8 Å². The molecule has 0 saturated heterocycles. The van der Waals surface area contributed by atoms with E-state index >= 15 is 0 Å². The zero-order valence-electron chi connectivity index (χ0n) is 11.0. The molecule has 1 unspecified atom stereocenters. The van der Waals surface area contributed by atoms with Crippen LogP contribution in [0.2, 0.25) is 0 Å². The van der Waals surface area contributed by atoms with E-state index in [1.165, 1.54) is 0 Å². The summed E-state index contributed by atoms with van der Waals surface area (Å²) in [7, 11) is 1.83. The monoisotopic (exact) mass is 241 g/mol. The third-order valence-corrected chi connectivity index (χ3v) is 3.85. The second-order valence-corrected chi connectivity index (χ2v) is 5.13. The average Bonchev–Trinajstić information content (AvgIpc) is 2.76. The Labute approximate surface area is 103 Å². The Balaban J connectivity index is 2.51. The van der Waals surface area contributed by atoms with Crippen LogP contribution in [0.15, 0.2) is 0 Å². The Morgan fingerprint density at radius 3 is 2.41 bits per heavy atom. The fraction of sp³-hybridized carbons (Fsp3) is 0.846. The van der Waals surface area contributed by atoms with Crippen molar-refractivity contribution >= 4 is 11.9 Å². The van der Waals surface area contributed by atoms with E-state index in [9.17, 15) is 9.59 Å². The molecule has 0 aliphatic heterocycles. The van der Waals surface area contributed by atoms with Crippen molar-refractivity contribution in [2.75, 3.05) is 7.05 Å². The minimum Gasteiger partial charge on any atom is -0.481 e. The van der Waals surface area contributed by atoms with Gasteiger partial charge in [0.15, 0.2) is 0 Å². The van der Waals surface area contributed by atoms with Crippen LogP contribution >= 0.6 is 0 Å². The first-order valence-corrected chi connectivity index (χ1v) is 6.46. The highest BCUT2D eigenvalue weighted by Crippen LogP contribution is 2.32. The van der Waals surface area contributed by atoms with Crippen molar-refractivity contribution in [2.24, 2.45) is 11.8 Å². The summed E-state index contributed by atoms with van der Waals surface area (Å²) in [5.41, 5.74) is 0. The number of amides is 1. The molecule has 3 atom stereocenters. The number of rotatable bonds is 5. The maximum absolute atomic E-state index is 12.2. The highest BCUT2D eigenvalue weighted by molar-refractivity contribution is 5.81. The summed E-state index contributed by atoms with van der Waals surface area (Å²) >= 11 is 0. The van der Waals surface area contributed by atoms with Gasteiger partial charge in [-0.2, -0.15) is 0 Å². The van der Waals surface area contributed by atoms with Gasteiger partial charge in [-0.05, 0) is 32.6 Å². The summed E-state index contributed by atoms with van der Waals surface area (Å²) < 4.78 is 0. The molecule has 4 nitrogen and oxygen atoms in total. The molecular formula is C13H23NO3. The summed E-state index contributed by atoms with van der Waals surface area (Å²) in [5, 5.41) is 8.92. The quantitative estimate of drug-likeness (QED) is 0.802. The van der Waals surface area contributed by atoms with Crippen LogP contribution in [-0.4, -0.2) is 35.0 Å². The molecule has 1 fully saturated rings. The Morgan fingerprint density at radius 1 is 1.35 bits per heavy atom. The number of hydrogen-bond acceptors (Lipinski definition) is 2. The molecule has 1 aliphatic carbocycles. The van der Waals surface area contributed by atoms with Crippen molar-refractivity contribution in [3.05, 3.63) is 0 Å². The average molecular weight is 241 g/mol. The van der Waals surface area contributed by atoms with Crippen molar-refractivity contribution < 1.29 is 14.7 Å². The first kappa shape index (κ1) is 14.0. The van der Waals surface area contributed by atoms with Crippen molar-refractivity contribution in [1.82, 2.24) is 4.90 Å². The van der Waals surface area contributed by atoms with Gasteiger partial charge in [-0.15, -0.1) is 0 Å². The minimum atomic E-state index is -0.760. The first-order valence-electron chi connectivity index (χ1n) is 6.46. The molecule has 1 saturated carbocycles. The number of hydrogen-bond donors (Lipinski definition) is 1. The largest absolute Gasteiger partial charge is 0.481 e. The maximum atomic E-state index is 12.2. The summed E-state index contributed by atoms with van der Waals surface area (Å²) in [6, 6.07) is 0.247.